The van der Waals surface area contributed by atoms with Gasteiger partial charge in [0.1, 0.15) is 0 Å². The van der Waals surface area contributed by atoms with Gasteiger partial charge in [-0.05, 0) is 233 Å². The van der Waals surface area contributed by atoms with Gasteiger partial charge in [0.25, 0.3) is 0 Å². The molecule has 6 heteroatoms. The van der Waals surface area contributed by atoms with Crippen LogP contribution in [-0.2, 0) is 11.8 Å². The molecule has 1 aliphatic carbocycles. The van der Waals surface area contributed by atoms with Crippen LogP contribution in [0.1, 0.15) is 23.7 Å². The van der Waals surface area contributed by atoms with Crippen LogP contribution in [0.5, 0.6) is 0 Å². The third-order valence-electron chi connectivity index (χ3n) is 23.2. The summed E-state index contributed by atoms with van der Waals surface area (Å²) >= 11 is 0. The van der Waals surface area contributed by atoms with E-state index in [9.17, 15) is 0 Å². The van der Waals surface area contributed by atoms with E-state index in [-0.39, 0.29) is 5.41 Å². The summed E-state index contributed by atoms with van der Waals surface area (Å²) in [5.41, 5.74) is 30.2. The van der Waals surface area contributed by atoms with Gasteiger partial charge >= 0.3 is 0 Å². The second-order valence-corrected chi connectivity index (χ2v) is 29.5. The average Bonchev–Trinajstić information content (AvgIpc) is 1.57. The van der Waals surface area contributed by atoms with E-state index >= 15 is 0 Å². The fraction of sp³-hybridized carbons (Fsp3) is 0.0291. The van der Waals surface area contributed by atoms with E-state index in [0.717, 1.165) is 90.7 Å². The smallest absolute Gasteiger partial charge is 0.0548 e. The maximum atomic E-state index is 2.50. The van der Waals surface area contributed by atoms with Gasteiger partial charge in [0.05, 0.1) is 49.7 Å². The van der Waals surface area contributed by atoms with Gasteiger partial charge in [-0.3, -0.25) is 0 Å². The molecule has 0 bridgehead atoms. The van der Waals surface area contributed by atoms with Crippen LogP contribution in [0, 0.1) is 0 Å². The Balaban J connectivity index is 0.645. The number of allylic oxidation sites excluding steroid dienone is 1. The molecule has 16 aromatic carbocycles. The molecule has 0 spiro atoms. The quantitative estimate of drug-likeness (QED) is 0.120. The van der Waals surface area contributed by atoms with E-state index in [1.165, 1.54) is 110 Å². The highest BCUT2D eigenvalue weighted by atomic mass is 15.1. The number of aromatic nitrogens is 5. The van der Waals surface area contributed by atoms with E-state index in [1.54, 1.807) is 0 Å². The molecule has 0 radical (unpaired) electrons. The number of hydrogen-bond acceptors (Lipinski definition) is 1. The van der Waals surface area contributed by atoms with Crippen LogP contribution < -0.4 is 4.90 Å². The zero-order valence-electron chi connectivity index (χ0n) is 59.9. The molecule has 0 amide bonds. The summed E-state index contributed by atoms with van der Waals surface area (Å²) in [4.78, 5) is 2.32. The van der Waals surface area contributed by atoms with Gasteiger partial charge in [0, 0.05) is 105 Å². The second-order valence-electron chi connectivity index (χ2n) is 29.5. The molecule has 109 heavy (non-hydrogen) atoms. The van der Waals surface area contributed by atoms with E-state index in [0.29, 0.717) is 0 Å². The fourth-order valence-corrected chi connectivity index (χ4v) is 18.1. The van der Waals surface area contributed by atoms with Crippen molar-refractivity contribution in [3.8, 4) is 61.8 Å². The minimum Gasteiger partial charge on any atom is -0.311 e. The first-order chi connectivity index (χ1) is 53.9. The summed E-state index contributed by atoms with van der Waals surface area (Å²) in [5, 5.41) is 11.1. The minimum atomic E-state index is -0.324. The van der Waals surface area contributed by atoms with Gasteiger partial charge in [-0.15, -0.1) is 0 Å². The highest BCUT2D eigenvalue weighted by molar-refractivity contribution is 6.20. The molecule has 1 atom stereocenters. The summed E-state index contributed by atoms with van der Waals surface area (Å²) in [6, 6.07) is 141. The van der Waals surface area contributed by atoms with Crippen LogP contribution in [0.25, 0.3) is 166 Å². The van der Waals surface area contributed by atoms with Gasteiger partial charge in [-0.2, -0.15) is 0 Å². The largest absolute Gasteiger partial charge is 0.311 e. The summed E-state index contributed by atoms with van der Waals surface area (Å²) in [6.07, 6.45) is 5.71. The molecule has 5 heterocycles. The number of para-hydroxylation sites is 8. The predicted molar refractivity (Wildman–Crippen MR) is 458 cm³/mol. The Morgan fingerprint density at radius 1 is 0.229 bits per heavy atom. The Morgan fingerprint density at radius 3 is 1.14 bits per heavy atom. The van der Waals surface area contributed by atoms with E-state index < -0.39 is 0 Å². The average molecular weight is 1390 g/mol. The Kier molecular flexibility index (Phi) is 14.1. The number of benzene rings is 16. The lowest BCUT2D eigenvalue weighted by atomic mass is 9.73. The van der Waals surface area contributed by atoms with Gasteiger partial charge in [-0.1, -0.05) is 219 Å². The Morgan fingerprint density at radius 2 is 0.578 bits per heavy atom. The van der Waals surface area contributed by atoms with Crippen LogP contribution in [0.2, 0.25) is 0 Å². The molecule has 21 aromatic rings. The maximum Gasteiger partial charge on any atom is 0.0548 e. The van der Waals surface area contributed by atoms with Crippen molar-refractivity contribution in [1.82, 2.24) is 22.8 Å². The second kappa shape index (κ2) is 24.7. The van der Waals surface area contributed by atoms with Crippen molar-refractivity contribution in [1.29, 1.82) is 0 Å². The van der Waals surface area contributed by atoms with E-state index in [1.807, 2.05) is 0 Å². The molecular weight excluding hydrogens is 1320 g/mol. The number of nitrogens with zero attached hydrogens (tertiary/aromatic N) is 6. The summed E-state index contributed by atoms with van der Waals surface area (Å²) in [7, 11) is 0. The number of rotatable bonds is 12. The first-order valence-electron chi connectivity index (χ1n) is 37.7. The van der Waals surface area contributed by atoms with Crippen molar-refractivity contribution in [2.45, 2.75) is 18.8 Å². The molecule has 22 rings (SSSR count). The predicted octanol–water partition coefficient (Wildman–Crippen LogP) is 27.0. The van der Waals surface area contributed by atoms with Crippen molar-refractivity contribution in [3.05, 3.63) is 405 Å². The van der Waals surface area contributed by atoms with Crippen molar-refractivity contribution < 1.29 is 0 Å². The third-order valence-corrected chi connectivity index (χ3v) is 23.2. The monoisotopic (exact) mass is 1390 g/mol. The van der Waals surface area contributed by atoms with Crippen molar-refractivity contribution in [2.75, 3.05) is 4.90 Å². The van der Waals surface area contributed by atoms with Crippen LogP contribution >= 0.6 is 0 Å². The molecule has 6 nitrogen and oxygen atoms in total. The van der Waals surface area contributed by atoms with Crippen LogP contribution in [0.15, 0.2) is 388 Å². The molecule has 0 N–H and O–H groups in total. The van der Waals surface area contributed by atoms with E-state index in [2.05, 4.69) is 429 Å². The molecule has 512 valence electrons. The zero-order chi connectivity index (χ0) is 71.8. The van der Waals surface area contributed by atoms with Gasteiger partial charge in [0.2, 0.25) is 0 Å². The van der Waals surface area contributed by atoms with Gasteiger partial charge in [0.15, 0.2) is 0 Å². The van der Waals surface area contributed by atoms with Crippen molar-refractivity contribution in [3.63, 3.8) is 0 Å². The molecule has 0 fully saturated rings. The molecule has 0 saturated carbocycles. The topological polar surface area (TPSA) is 27.9 Å². The first-order valence-corrected chi connectivity index (χ1v) is 37.7. The number of anilines is 3. The summed E-state index contributed by atoms with van der Waals surface area (Å²) in [5.74, 6) is 0. The molecular formula is C103H70N6. The fourth-order valence-electron chi connectivity index (χ4n) is 18.1. The number of fused-ring (bicyclic) bond motifs is 15. The molecule has 5 aromatic heterocycles. The lowest BCUT2D eigenvalue weighted by molar-refractivity contribution is 0.589. The highest BCUT2D eigenvalue weighted by Crippen LogP contribution is 2.48. The van der Waals surface area contributed by atoms with Crippen molar-refractivity contribution in [2.24, 2.45) is 0 Å². The Hall–Kier alpha value is -14.2. The molecule has 0 aliphatic heterocycles. The minimum absolute atomic E-state index is 0.324. The molecule has 1 unspecified atom stereocenters. The zero-order valence-corrected chi connectivity index (χ0v) is 59.9. The maximum absolute atomic E-state index is 2.50. The normalized spacial score (nSPS) is 13.7. The number of hydrogen-bond donors (Lipinski definition) is 0. The SMILES string of the molecule is CC1(c2ccc3c(c2)c2ccc(-c4cccc(-n5c6ccccc6c6cc7c(cc65)c5cc(-c6ccc(N(c8ccccc8)c8ccccc8)cc6)ccc5n7-c5ccccc5)c4)cc2n3-c2ccccc2)C=Cc2c(c3cc(-c4ccc5c(c4)c4ccccc4n5-c4ccccc4)ccc3n2-c2ccccc2)C1. The van der Waals surface area contributed by atoms with Crippen molar-refractivity contribution >= 4 is 121 Å². The molecule has 0 saturated heterocycles. The summed E-state index contributed by atoms with van der Waals surface area (Å²) < 4.78 is 12.3. The lowest BCUT2D eigenvalue weighted by Gasteiger charge is -2.30. The van der Waals surface area contributed by atoms with Gasteiger partial charge < -0.3 is 27.7 Å². The third kappa shape index (κ3) is 9.95. The first kappa shape index (κ1) is 62.2. The Labute approximate surface area is 630 Å². The standard InChI is InChI=1S/C103H70N6/c1-103(58-57-99-92(67-103)88-62-72(48-55-97(88)106(99)78-32-14-5-15-33-78)71-47-54-95-86(61-71)83-39-20-22-41-93(83)105(95)77-30-12-4-13-31-77)74-49-56-98-89(64-74)85-52-45-73(63-100(85)107(98)79-34-16-6-17-35-79)69-25-24-38-82(59-69)109-94-42-23-21-40-84(94)90-65-102-91(66-101(90)109)87-60-70(46-53-96(87)108(102)80-36-18-7-19-37-80)68-43-50-81(51-44-68)104(75-26-8-2-9-27-75)76-28-10-3-11-29-76/h2-66H,67H2,1H3. The van der Waals surface area contributed by atoms with Gasteiger partial charge in [-0.25, -0.2) is 0 Å². The highest BCUT2D eigenvalue weighted by Gasteiger charge is 2.33. The van der Waals surface area contributed by atoms with Crippen LogP contribution in [0.4, 0.5) is 17.1 Å². The molecule has 1 aliphatic rings. The Bertz CT molecular complexity index is 7180. The summed E-state index contributed by atoms with van der Waals surface area (Å²) in [6.45, 7) is 2.44. The lowest BCUT2D eigenvalue weighted by Crippen LogP contribution is -2.25. The van der Waals surface area contributed by atoms with E-state index in [4.69, 9.17) is 0 Å². The van der Waals surface area contributed by atoms with Crippen LogP contribution in [0.3, 0.4) is 0 Å². The van der Waals surface area contributed by atoms with Crippen LogP contribution in [-0.4, -0.2) is 22.8 Å².